The average molecular weight is 819 g/mol. The summed E-state index contributed by atoms with van der Waals surface area (Å²) in [6.07, 6.45) is 0. The Morgan fingerprint density at radius 3 is 1.23 bits per heavy atom. The summed E-state index contributed by atoms with van der Waals surface area (Å²) in [5, 5.41) is 13.0. The molecule has 0 spiro atoms. The van der Waals surface area contributed by atoms with Gasteiger partial charge < -0.3 is 0 Å². The van der Waals surface area contributed by atoms with Gasteiger partial charge in [-0.15, -0.1) is 22.7 Å². The van der Waals surface area contributed by atoms with Gasteiger partial charge in [0.25, 0.3) is 0 Å². The summed E-state index contributed by atoms with van der Waals surface area (Å²) in [6, 6.07) is 77.8. The van der Waals surface area contributed by atoms with E-state index in [1.807, 2.05) is 22.7 Å². The van der Waals surface area contributed by atoms with Crippen LogP contribution in [-0.2, 0) is 0 Å². The summed E-state index contributed by atoms with van der Waals surface area (Å²) in [4.78, 5) is 0. The van der Waals surface area contributed by atoms with Crippen LogP contribution in [0.1, 0.15) is 0 Å². The van der Waals surface area contributed by atoms with E-state index < -0.39 is 0 Å². The number of thiophene rings is 2. The molecule has 62 heavy (non-hydrogen) atoms. The molecule has 0 saturated carbocycles. The molecule has 0 fully saturated rings. The molecule has 13 aromatic rings. The minimum Gasteiger partial charge on any atom is -0.135 e. The van der Waals surface area contributed by atoms with Gasteiger partial charge in [-0.2, -0.15) is 0 Å². The maximum Gasteiger partial charge on any atom is 0.0434 e. The Morgan fingerprint density at radius 1 is 0.210 bits per heavy atom. The van der Waals surface area contributed by atoms with E-state index in [0.717, 1.165) is 0 Å². The van der Waals surface area contributed by atoms with E-state index in [0.29, 0.717) is 0 Å². The molecule has 0 amide bonds. The zero-order valence-electron chi connectivity index (χ0n) is 33.4. The molecule has 0 unspecified atom stereocenters. The van der Waals surface area contributed by atoms with Crippen LogP contribution in [0.15, 0.2) is 206 Å². The highest BCUT2D eigenvalue weighted by atomic mass is 32.1. The molecule has 1 aliphatic carbocycles. The van der Waals surface area contributed by atoms with Crippen molar-refractivity contribution < 1.29 is 0 Å². The largest absolute Gasteiger partial charge is 0.135 e. The lowest BCUT2D eigenvalue weighted by molar-refractivity contribution is 1.53. The maximum absolute atomic E-state index is 2.53. The van der Waals surface area contributed by atoms with Gasteiger partial charge in [-0.05, 0) is 124 Å². The second kappa shape index (κ2) is 13.1. The van der Waals surface area contributed by atoms with Gasteiger partial charge >= 0.3 is 0 Å². The quantitative estimate of drug-likeness (QED) is 0.152. The summed E-state index contributed by atoms with van der Waals surface area (Å²) >= 11 is 3.80. The molecule has 2 heterocycles. The first-order valence-electron chi connectivity index (χ1n) is 21.3. The monoisotopic (exact) mass is 818 g/mol. The second-order valence-electron chi connectivity index (χ2n) is 16.6. The molecule has 11 aromatic carbocycles. The lowest BCUT2D eigenvalue weighted by Gasteiger charge is -2.26. The van der Waals surface area contributed by atoms with Crippen LogP contribution in [0.25, 0.3) is 139 Å². The van der Waals surface area contributed by atoms with Crippen molar-refractivity contribution in [3.63, 3.8) is 0 Å². The Kier molecular flexibility index (Phi) is 7.24. The Labute approximate surface area is 366 Å². The Balaban J connectivity index is 1.13. The van der Waals surface area contributed by atoms with Gasteiger partial charge in [-0.1, -0.05) is 176 Å². The molecule has 0 nitrogen and oxygen atoms in total. The van der Waals surface area contributed by atoms with Crippen LogP contribution >= 0.6 is 22.7 Å². The van der Waals surface area contributed by atoms with E-state index in [1.165, 1.54) is 139 Å². The van der Waals surface area contributed by atoms with E-state index in [1.54, 1.807) is 0 Å². The van der Waals surface area contributed by atoms with E-state index in [2.05, 4.69) is 206 Å². The van der Waals surface area contributed by atoms with Crippen LogP contribution in [0.4, 0.5) is 0 Å². The van der Waals surface area contributed by atoms with Crippen LogP contribution < -0.4 is 0 Å². The molecule has 0 saturated heterocycles. The first-order chi connectivity index (χ1) is 30.8. The van der Waals surface area contributed by atoms with Crippen LogP contribution in [0.3, 0.4) is 0 Å². The lowest BCUT2D eigenvalue weighted by Crippen LogP contribution is -2.00. The highest BCUT2D eigenvalue weighted by Gasteiger charge is 2.27. The van der Waals surface area contributed by atoms with Gasteiger partial charge in [0.1, 0.15) is 0 Å². The fraction of sp³-hybridized carbons (Fsp3) is 0. The van der Waals surface area contributed by atoms with Gasteiger partial charge in [0.2, 0.25) is 0 Å². The molecule has 0 bridgehead atoms. The summed E-state index contributed by atoms with van der Waals surface area (Å²) in [7, 11) is 0. The molecular weight excluding hydrogens is 785 g/mol. The topological polar surface area (TPSA) is 0 Å². The zero-order chi connectivity index (χ0) is 40.5. The van der Waals surface area contributed by atoms with Gasteiger partial charge in [-0.25, -0.2) is 0 Å². The fourth-order valence-corrected chi connectivity index (χ4v) is 13.2. The van der Waals surface area contributed by atoms with Crippen molar-refractivity contribution in [1.29, 1.82) is 0 Å². The van der Waals surface area contributed by atoms with Crippen LogP contribution in [0.2, 0.25) is 0 Å². The van der Waals surface area contributed by atoms with Crippen molar-refractivity contribution in [3.8, 4) is 66.8 Å². The van der Waals surface area contributed by atoms with E-state index in [9.17, 15) is 0 Å². The standard InChI is InChI=1S/C60H34S2/c1-3-17-40-37(14-1)38-15-2-4-18-41(38)53-34-55-51-32-35(36-22-11-25-48-43-19-7-9-28-56(43)61-59(36)48)30-31-42(51)39-16-5-6-21-45(39)58-46(23-12-24-47(58)54(55)33-52(40)53)50-27-13-26-49-44-20-8-10-29-57(44)62-60(49)50/h1-34H. The third kappa shape index (κ3) is 4.82. The van der Waals surface area contributed by atoms with Gasteiger partial charge in [-0.3, -0.25) is 0 Å². The first kappa shape index (κ1) is 34.4. The molecule has 14 rings (SSSR count). The van der Waals surface area contributed by atoms with Crippen LogP contribution in [0.5, 0.6) is 0 Å². The molecule has 0 N–H and O–H groups in total. The Morgan fingerprint density at radius 2 is 0.597 bits per heavy atom. The highest BCUT2D eigenvalue weighted by Crippen LogP contribution is 2.54. The van der Waals surface area contributed by atoms with Gasteiger partial charge in [0, 0.05) is 45.9 Å². The Hall–Kier alpha value is -7.36. The van der Waals surface area contributed by atoms with Crippen LogP contribution in [-0.4, -0.2) is 0 Å². The number of hydrogen-bond donors (Lipinski definition) is 0. The summed E-state index contributed by atoms with van der Waals surface area (Å²) in [5.74, 6) is 0. The maximum atomic E-state index is 2.53. The normalized spacial score (nSPS) is 12.2. The molecule has 0 atom stereocenters. The number of fused-ring (bicyclic) bond motifs is 20. The Bertz CT molecular complexity index is 3970. The third-order valence-corrected chi connectivity index (χ3v) is 15.9. The fourth-order valence-electron chi connectivity index (χ4n) is 10.7. The van der Waals surface area contributed by atoms with Crippen molar-refractivity contribution in [3.05, 3.63) is 206 Å². The smallest absolute Gasteiger partial charge is 0.0434 e. The number of hydrogen-bond acceptors (Lipinski definition) is 2. The average Bonchev–Trinajstić information content (AvgIpc) is 3.92. The molecule has 0 aliphatic heterocycles. The number of rotatable bonds is 2. The second-order valence-corrected chi connectivity index (χ2v) is 18.7. The molecule has 2 heteroatoms. The van der Waals surface area contributed by atoms with Crippen molar-refractivity contribution in [2.75, 3.05) is 0 Å². The summed E-state index contributed by atoms with van der Waals surface area (Å²) in [5.41, 5.74) is 15.1. The summed E-state index contributed by atoms with van der Waals surface area (Å²) in [6.45, 7) is 0. The van der Waals surface area contributed by atoms with Gasteiger partial charge in [0.15, 0.2) is 0 Å². The molecule has 2 aromatic heterocycles. The summed E-state index contributed by atoms with van der Waals surface area (Å²) < 4.78 is 5.31. The zero-order valence-corrected chi connectivity index (χ0v) is 35.1. The van der Waals surface area contributed by atoms with Crippen molar-refractivity contribution in [2.24, 2.45) is 0 Å². The predicted molar refractivity (Wildman–Crippen MR) is 271 cm³/mol. The lowest BCUT2D eigenvalue weighted by atomic mass is 9.76. The molecule has 286 valence electrons. The molecule has 0 radical (unpaired) electrons. The molecule has 1 aliphatic rings. The van der Waals surface area contributed by atoms with E-state index >= 15 is 0 Å². The third-order valence-electron chi connectivity index (χ3n) is 13.4. The minimum atomic E-state index is 1.23. The minimum absolute atomic E-state index is 1.23. The van der Waals surface area contributed by atoms with Crippen molar-refractivity contribution >= 4 is 95.3 Å². The molecular formula is C60H34S2. The van der Waals surface area contributed by atoms with Crippen molar-refractivity contribution in [2.45, 2.75) is 0 Å². The van der Waals surface area contributed by atoms with E-state index in [-0.39, 0.29) is 0 Å². The van der Waals surface area contributed by atoms with E-state index in [4.69, 9.17) is 0 Å². The number of benzene rings is 11. The first-order valence-corrected chi connectivity index (χ1v) is 23.0. The van der Waals surface area contributed by atoms with Gasteiger partial charge in [0.05, 0.1) is 0 Å². The SMILES string of the molecule is c1ccc2c(c1)-c1ccc(-c3cccc4c3sc3ccccc34)cc1-c1cc3c4ccccc4c4ccccc4c3cc1-c1cccc(-c3cccc4c3sc3ccccc34)c1-2. The predicted octanol–water partition coefficient (Wildman–Crippen LogP) is 18.2. The highest BCUT2D eigenvalue weighted by molar-refractivity contribution is 7.26. The van der Waals surface area contributed by atoms with Crippen LogP contribution in [0, 0.1) is 0 Å². The van der Waals surface area contributed by atoms with Crippen molar-refractivity contribution in [1.82, 2.24) is 0 Å².